The molecule has 0 N–H and O–H groups in total. The van der Waals surface area contributed by atoms with Crippen LogP contribution < -0.4 is 4.74 Å². The van der Waals surface area contributed by atoms with Crippen LogP contribution in [-0.2, 0) is 28.9 Å². The van der Waals surface area contributed by atoms with Gasteiger partial charge >= 0.3 is 0 Å². The number of aryl methyl sites for hydroxylation is 1. The number of fused-ring (bicyclic) bond motifs is 7. The van der Waals surface area contributed by atoms with E-state index in [1.807, 2.05) is 6.92 Å². The van der Waals surface area contributed by atoms with E-state index in [1.54, 1.807) is 5.56 Å². The van der Waals surface area contributed by atoms with Crippen molar-refractivity contribution in [1.29, 1.82) is 0 Å². The van der Waals surface area contributed by atoms with Crippen LogP contribution in [0.25, 0.3) is 0 Å². The Morgan fingerprint density at radius 3 is 2.75 bits per heavy atom. The summed E-state index contributed by atoms with van der Waals surface area (Å²) in [7, 11) is 0. The second-order valence-electron chi connectivity index (χ2n) is 10.8. The number of ether oxygens (including phenoxy) is 3. The van der Waals surface area contributed by atoms with E-state index in [0.717, 1.165) is 30.6 Å². The van der Waals surface area contributed by atoms with Crippen molar-refractivity contribution in [2.75, 3.05) is 13.4 Å². The van der Waals surface area contributed by atoms with Crippen LogP contribution in [0, 0.1) is 17.3 Å². The topological polar surface area (TPSA) is 27.7 Å². The summed E-state index contributed by atoms with van der Waals surface area (Å²) in [5.74, 6) is 3.21. The van der Waals surface area contributed by atoms with E-state index in [-0.39, 0.29) is 5.60 Å². The van der Waals surface area contributed by atoms with Crippen molar-refractivity contribution < 1.29 is 14.2 Å². The lowest BCUT2D eigenvalue weighted by Crippen LogP contribution is -2.54. The molecule has 0 amide bonds. The molecule has 170 valence electrons. The minimum absolute atomic E-state index is 0.0360. The van der Waals surface area contributed by atoms with Crippen LogP contribution in [-0.4, -0.2) is 19.0 Å². The highest BCUT2D eigenvalue weighted by molar-refractivity contribution is 5.41. The van der Waals surface area contributed by atoms with Gasteiger partial charge in [-0.1, -0.05) is 37.3 Å². The van der Waals surface area contributed by atoms with Gasteiger partial charge in [0.15, 0.2) is 6.79 Å². The third-order valence-electron chi connectivity index (χ3n) is 9.60. The van der Waals surface area contributed by atoms with Crippen LogP contribution in [0.3, 0.4) is 0 Å². The summed E-state index contributed by atoms with van der Waals surface area (Å²) in [6, 6.07) is 15.7. The molecule has 2 aromatic rings. The summed E-state index contributed by atoms with van der Waals surface area (Å²) in [5.41, 5.74) is 6.33. The fourth-order valence-corrected chi connectivity index (χ4v) is 7.91. The summed E-state index contributed by atoms with van der Waals surface area (Å²) < 4.78 is 18.0. The maximum Gasteiger partial charge on any atom is 0.189 e. The maximum absolute atomic E-state index is 6.81. The van der Waals surface area contributed by atoms with Gasteiger partial charge in [-0.25, -0.2) is 0 Å². The molecule has 1 aliphatic heterocycles. The Balaban J connectivity index is 1.25. The second kappa shape index (κ2) is 7.88. The molecule has 2 aromatic carbocycles. The Kier molecular flexibility index (Phi) is 5.11. The van der Waals surface area contributed by atoms with Crippen LogP contribution in [0.5, 0.6) is 5.75 Å². The minimum atomic E-state index is 0.0360. The van der Waals surface area contributed by atoms with Crippen molar-refractivity contribution in [3.63, 3.8) is 0 Å². The smallest absolute Gasteiger partial charge is 0.189 e. The quantitative estimate of drug-likeness (QED) is 0.412. The molecule has 5 atom stereocenters. The van der Waals surface area contributed by atoms with Crippen molar-refractivity contribution in [3.8, 4) is 5.75 Å². The minimum Gasteiger partial charge on any atom is -0.468 e. The number of rotatable bonds is 4. The first-order valence-corrected chi connectivity index (χ1v) is 12.7. The average molecular weight is 433 g/mol. The normalized spacial score (nSPS) is 35.0. The van der Waals surface area contributed by atoms with Gasteiger partial charge in [0.25, 0.3) is 0 Å². The molecule has 3 heteroatoms. The fourth-order valence-electron chi connectivity index (χ4n) is 7.91. The largest absolute Gasteiger partial charge is 0.468 e. The standard InChI is InChI=1S/C29H36O3/c1-3-30-19-31-23-9-11-24-20(16-23)8-10-26-25(24)12-14-28(2)27(26)13-15-29(28)17-21-6-4-5-7-22(21)18-32-29/h4-7,9,11,16,25-27H,3,8,10,12-15,17-19H2,1-2H3/t25-,26-,27+,28+,29-/m1/s1. The van der Waals surface area contributed by atoms with Crippen molar-refractivity contribution in [3.05, 3.63) is 64.7 Å². The van der Waals surface area contributed by atoms with Gasteiger partial charge in [-0.15, -0.1) is 0 Å². The van der Waals surface area contributed by atoms with Crippen molar-refractivity contribution >= 4 is 0 Å². The molecule has 2 saturated carbocycles. The zero-order valence-corrected chi connectivity index (χ0v) is 19.6. The van der Waals surface area contributed by atoms with Crippen molar-refractivity contribution in [2.45, 2.75) is 76.9 Å². The van der Waals surface area contributed by atoms with Crippen molar-refractivity contribution in [1.82, 2.24) is 0 Å². The molecule has 1 heterocycles. The molecular weight excluding hydrogens is 396 g/mol. The number of benzene rings is 2. The molecular formula is C29H36O3. The van der Waals surface area contributed by atoms with E-state index < -0.39 is 0 Å². The molecule has 3 nitrogen and oxygen atoms in total. The second-order valence-corrected chi connectivity index (χ2v) is 10.8. The molecule has 1 spiro atoms. The lowest BCUT2D eigenvalue weighted by molar-refractivity contribution is -0.159. The molecule has 4 aliphatic rings. The van der Waals surface area contributed by atoms with E-state index in [2.05, 4.69) is 49.4 Å². The van der Waals surface area contributed by atoms with Gasteiger partial charge in [0, 0.05) is 18.4 Å². The highest BCUT2D eigenvalue weighted by atomic mass is 16.7. The van der Waals surface area contributed by atoms with Gasteiger partial charge in [0.1, 0.15) is 5.75 Å². The molecule has 2 fully saturated rings. The monoisotopic (exact) mass is 432 g/mol. The van der Waals surface area contributed by atoms with E-state index >= 15 is 0 Å². The van der Waals surface area contributed by atoms with Gasteiger partial charge < -0.3 is 14.2 Å². The predicted octanol–water partition coefficient (Wildman–Crippen LogP) is 6.43. The summed E-state index contributed by atoms with van der Waals surface area (Å²) in [4.78, 5) is 0. The SMILES string of the molecule is CCOCOc1ccc2c(c1)CC[C@@H]1[C@@H]2CC[C@@]2(C)[C@H]1CC[C@@]21Cc2ccccc2CO1. The van der Waals surface area contributed by atoms with Gasteiger partial charge in [-0.2, -0.15) is 0 Å². The van der Waals surface area contributed by atoms with E-state index in [4.69, 9.17) is 14.2 Å². The van der Waals surface area contributed by atoms with Crippen LogP contribution in [0.2, 0.25) is 0 Å². The molecule has 32 heavy (non-hydrogen) atoms. The summed E-state index contributed by atoms with van der Waals surface area (Å²) in [6.07, 6.45) is 8.70. The zero-order valence-electron chi connectivity index (χ0n) is 19.6. The van der Waals surface area contributed by atoms with Crippen LogP contribution >= 0.6 is 0 Å². The number of hydrogen-bond donors (Lipinski definition) is 0. The first-order valence-electron chi connectivity index (χ1n) is 12.7. The molecule has 0 unspecified atom stereocenters. The molecule has 0 bridgehead atoms. The molecule has 0 aromatic heterocycles. The fraction of sp³-hybridized carbons (Fsp3) is 0.586. The van der Waals surface area contributed by atoms with Crippen LogP contribution in [0.4, 0.5) is 0 Å². The van der Waals surface area contributed by atoms with Crippen LogP contribution in [0.15, 0.2) is 42.5 Å². The maximum atomic E-state index is 6.81. The van der Waals surface area contributed by atoms with Gasteiger partial charge in [0.05, 0.1) is 12.2 Å². The molecule has 3 aliphatic carbocycles. The lowest BCUT2D eigenvalue weighted by Gasteiger charge is -2.55. The zero-order chi connectivity index (χ0) is 21.8. The average Bonchev–Trinajstić information content (AvgIpc) is 3.10. The third-order valence-corrected chi connectivity index (χ3v) is 9.60. The first kappa shape index (κ1) is 20.7. The van der Waals surface area contributed by atoms with Crippen molar-refractivity contribution in [2.24, 2.45) is 17.3 Å². The Morgan fingerprint density at radius 2 is 1.88 bits per heavy atom. The summed E-state index contributed by atoms with van der Waals surface area (Å²) >= 11 is 0. The van der Waals surface area contributed by atoms with E-state index in [0.29, 0.717) is 24.7 Å². The summed E-state index contributed by atoms with van der Waals surface area (Å²) in [5, 5.41) is 0. The molecule has 0 radical (unpaired) electrons. The Morgan fingerprint density at radius 1 is 1.00 bits per heavy atom. The molecule has 6 rings (SSSR count). The Hall–Kier alpha value is -1.84. The summed E-state index contributed by atoms with van der Waals surface area (Å²) in [6.45, 7) is 6.39. The van der Waals surface area contributed by atoms with E-state index in [9.17, 15) is 0 Å². The Bertz CT molecular complexity index is 1000. The van der Waals surface area contributed by atoms with Gasteiger partial charge in [0.2, 0.25) is 0 Å². The predicted molar refractivity (Wildman–Crippen MR) is 126 cm³/mol. The first-order chi connectivity index (χ1) is 15.6. The molecule has 0 saturated heterocycles. The highest BCUT2D eigenvalue weighted by Crippen LogP contribution is 2.66. The van der Waals surface area contributed by atoms with Crippen LogP contribution in [0.1, 0.15) is 74.1 Å². The highest BCUT2D eigenvalue weighted by Gasteiger charge is 2.63. The van der Waals surface area contributed by atoms with Gasteiger partial charge in [-0.3, -0.25) is 0 Å². The Labute approximate surface area is 192 Å². The van der Waals surface area contributed by atoms with Gasteiger partial charge in [-0.05, 0) is 97.6 Å². The number of hydrogen-bond acceptors (Lipinski definition) is 3. The van der Waals surface area contributed by atoms with E-state index in [1.165, 1.54) is 55.2 Å². The lowest BCUT2D eigenvalue weighted by atomic mass is 9.52. The third kappa shape index (κ3) is 3.08.